The summed E-state index contributed by atoms with van der Waals surface area (Å²) in [5.41, 5.74) is 3.39. The minimum atomic E-state index is -0.731. The minimum absolute atomic E-state index is 0.194. The molecule has 0 heterocycles. The Hall–Kier alpha value is -2.29. The SMILES string of the molecule is CC(CCc1ccc(-c2ccc(O)cc2)cc1)CC(=O)O. The van der Waals surface area contributed by atoms with E-state index in [0.717, 1.165) is 24.0 Å². The summed E-state index contributed by atoms with van der Waals surface area (Å²) >= 11 is 0. The molecule has 2 N–H and O–H groups in total. The second kappa shape index (κ2) is 6.93. The van der Waals surface area contributed by atoms with E-state index in [1.54, 1.807) is 12.1 Å². The van der Waals surface area contributed by atoms with Crippen LogP contribution in [-0.4, -0.2) is 16.2 Å². The van der Waals surface area contributed by atoms with Crippen molar-refractivity contribution in [3.63, 3.8) is 0 Å². The van der Waals surface area contributed by atoms with Crippen molar-refractivity contribution < 1.29 is 15.0 Å². The van der Waals surface area contributed by atoms with Crippen molar-refractivity contribution in [3.8, 4) is 16.9 Å². The summed E-state index contributed by atoms with van der Waals surface area (Å²) in [6.45, 7) is 1.97. The van der Waals surface area contributed by atoms with Crippen LogP contribution in [0.25, 0.3) is 11.1 Å². The van der Waals surface area contributed by atoms with Crippen LogP contribution in [0.15, 0.2) is 48.5 Å². The number of hydrogen-bond donors (Lipinski definition) is 2. The van der Waals surface area contributed by atoms with E-state index < -0.39 is 5.97 Å². The summed E-state index contributed by atoms with van der Waals surface area (Å²) in [5, 5.41) is 18.0. The Morgan fingerprint density at radius 2 is 1.52 bits per heavy atom. The van der Waals surface area contributed by atoms with Crippen LogP contribution in [0.5, 0.6) is 5.75 Å². The van der Waals surface area contributed by atoms with Crippen molar-refractivity contribution in [2.24, 2.45) is 5.92 Å². The van der Waals surface area contributed by atoms with Crippen molar-refractivity contribution in [2.45, 2.75) is 26.2 Å². The molecule has 1 unspecified atom stereocenters. The first-order chi connectivity index (χ1) is 10.0. The second-order valence-corrected chi connectivity index (χ2v) is 5.49. The zero-order chi connectivity index (χ0) is 15.2. The fraction of sp³-hybridized carbons (Fsp3) is 0.278. The zero-order valence-electron chi connectivity index (χ0n) is 12.1. The van der Waals surface area contributed by atoms with Gasteiger partial charge in [0.05, 0.1) is 0 Å². The molecule has 0 saturated heterocycles. The molecule has 2 rings (SSSR count). The van der Waals surface area contributed by atoms with Gasteiger partial charge in [0.2, 0.25) is 0 Å². The number of aliphatic carboxylic acids is 1. The number of carbonyl (C=O) groups is 1. The van der Waals surface area contributed by atoms with Gasteiger partial charge < -0.3 is 10.2 Å². The summed E-state index contributed by atoms with van der Waals surface area (Å²) in [6, 6.07) is 15.4. The van der Waals surface area contributed by atoms with Crippen LogP contribution < -0.4 is 0 Å². The molecule has 3 nitrogen and oxygen atoms in total. The molecule has 0 amide bonds. The Bertz CT molecular complexity index is 585. The Morgan fingerprint density at radius 1 is 1.00 bits per heavy atom. The van der Waals surface area contributed by atoms with Crippen molar-refractivity contribution >= 4 is 5.97 Å². The number of rotatable bonds is 6. The lowest BCUT2D eigenvalue weighted by Crippen LogP contribution is -2.05. The van der Waals surface area contributed by atoms with E-state index in [4.69, 9.17) is 5.11 Å². The maximum Gasteiger partial charge on any atom is 0.303 e. The molecule has 0 aliphatic rings. The first-order valence-electron chi connectivity index (χ1n) is 7.15. The molecule has 3 heteroatoms. The zero-order valence-corrected chi connectivity index (χ0v) is 12.1. The standard InChI is InChI=1S/C18H20O3/c1-13(12-18(20)21)2-3-14-4-6-15(7-5-14)16-8-10-17(19)11-9-16/h4-11,13,19H,2-3,12H2,1H3,(H,20,21). The molecule has 2 aromatic carbocycles. The summed E-state index contributed by atoms with van der Waals surface area (Å²) in [4.78, 5) is 10.6. The number of aromatic hydroxyl groups is 1. The first kappa shape index (κ1) is 15.1. The Labute approximate surface area is 124 Å². The van der Waals surface area contributed by atoms with E-state index in [2.05, 4.69) is 24.3 Å². The number of aryl methyl sites for hydroxylation is 1. The highest BCUT2D eigenvalue weighted by Crippen LogP contribution is 2.23. The molecule has 0 aliphatic heterocycles. The normalized spacial score (nSPS) is 12.0. The van der Waals surface area contributed by atoms with E-state index in [1.807, 2.05) is 19.1 Å². The van der Waals surface area contributed by atoms with Crippen molar-refractivity contribution in [3.05, 3.63) is 54.1 Å². The van der Waals surface area contributed by atoms with Crippen LogP contribution in [-0.2, 0) is 11.2 Å². The highest BCUT2D eigenvalue weighted by Gasteiger charge is 2.07. The predicted molar refractivity (Wildman–Crippen MR) is 83.3 cm³/mol. The lowest BCUT2D eigenvalue weighted by molar-refractivity contribution is -0.138. The smallest absolute Gasteiger partial charge is 0.303 e. The van der Waals surface area contributed by atoms with Gasteiger partial charge in [0.1, 0.15) is 5.75 Å². The van der Waals surface area contributed by atoms with Gasteiger partial charge in [-0.1, -0.05) is 43.3 Å². The van der Waals surface area contributed by atoms with Crippen LogP contribution in [0.4, 0.5) is 0 Å². The molecule has 21 heavy (non-hydrogen) atoms. The van der Waals surface area contributed by atoms with Gasteiger partial charge >= 0.3 is 5.97 Å². The lowest BCUT2D eigenvalue weighted by Gasteiger charge is -2.09. The molecule has 0 radical (unpaired) electrons. The maximum atomic E-state index is 10.6. The molecule has 110 valence electrons. The van der Waals surface area contributed by atoms with E-state index >= 15 is 0 Å². The summed E-state index contributed by atoms with van der Waals surface area (Å²) in [7, 11) is 0. The average Bonchev–Trinajstić information content (AvgIpc) is 2.46. The maximum absolute atomic E-state index is 10.6. The number of phenols is 1. The molecule has 0 fully saturated rings. The average molecular weight is 284 g/mol. The summed E-state index contributed by atoms with van der Waals surface area (Å²) in [5.74, 6) is -0.271. The van der Waals surface area contributed by atoms with E-state index in [0.29, 0.717) is 0 Å². The number of carboxylic acid groups (broad SMARTS) is 1. The van der Waals surface area contributed by atoms with Gasteiger partial charge in [-0.15, -0.1) is 0 Å². The fourth-order valence-corrected chi connectivity index (χ4v) is 2.33. The molecule has 0 spiro atoms. The van der Waals surface area contributed by atoms with Crippen LogP contribution in [0.2, 0.25) is 0 Å². The van der Waals surface area contributed by atoms with Crippen LogP contribution in [0.3, 0.4) is 0 Å². The van der Waals surface area contributed by atoms with Crippen LogP contribution in [0.1, 0.15) is 25.3 Å². The highest BCUT2D eigenvalue weighted by atomic mass is 16.4. The van der Waals surface area contributed by atoms with Gasteiger partial charge in [-0.05, 0) is 47.6 Å². The molecule has 0 saturated carbocycles. The van der Waals surface area contributed by atoms with Crippen LogP contribution in [0, 0.1) is 5.92 Å². The number of carboxylic acids is 1. The summed E-state index contributed by atoms with van der Waals surface area (Å²) in [6.07, 6.45) is 2.00. The van der Waals surface area contributed by atoms with Gasteiger partial charge in [-0.3, -0.25) is 4.79 Å². The predicted octanol–water partition coefficient (Wildman–Crippen LogP) is 4.10. The van der Waals surface area contributed by atoms with Gasteiger partial charge in [-0.25, -0.2) is 0 Å². The molecule has 0 aliphatic carbocycles. The Kier molecular flexibility index (Phi) is 4.99. The third kappa shape index (κ3) is 4.63. The summed E-state index contributed by atoms with van der Waals surface area (Å²) < 4.78 is 0. The van der Waals surface area contributed by atoms with Crippen molar-refractivity contribution in [2.75, 3.05) is 0 Å². The topological polar surface area (TPSA) is 57.5 Å². The molecule has 2 aromatic rings. The van der Waals surface area contributed by atoms with Gasteiger partial charge in [0.25, 0.3) is 0 Å². The Balaban J connectivity index is 1.96. The van der Waals surface area contributed by atoms with E-state index in [1.165, 1.54) is 5.56 Å². The van der Waals surface area contributed by atoms with Crippen molar-refractivity contribution in [1.29, 1.82) is 0 Å². The quantitative estimate of drug-likeness (QED) is 0.839. The molecular formula is C18H20O3. The lowest BCUT2D eigenvalue weighted by atomic mass is 9.97. The van der Waals surface area contributed by atoms with E-state index in [-0.39, 0.29) is 18.1 Å². The second-order valence-electron chi connectivity index (χ2n) is 5.49. The van der Waals surface area contributed by atoms with Crippen LogP contribution >= 0.6 is 0 Å². The molecule has 0 aromatic heterocycles. The molecule has 0 bridgehead atoms. The molecule has 1 atom stereocenters. The van der Waals surface area contributed by atoms with E-state index in [9.17, 15) is 9.90 Å². The molecular weight excluding hydrogens is 264 g/mol. The minimum Gasteiger partial charge on any atom is -0.508 e. The third-order valence-corrected chi connectivity index (χ3v) is 3.60. The fourth-order valence-electron chi connectivity index (χ4n) is 2.33. The highest BCUT2D eigenvalue weighted by molar-refractivity contribution is 5.67. The number of hydrogen-bond acceptors (Lipinski definition) is 2. The van der Waals surface area contributed by atoms with Gasteiger partial charge in [0, 0.05) is 6.42 Å². The Morgan fingerprint density at radius 3 is 2.05 bits per heavy atom. The van der Waals surface area contributed by atoms with Gasteiger partial charge in [-0.2, -0.15) is 0 Å². The monoisotopic (exact) mass is 284 g/mol. The third-order valence-electron chi connectivity index (χ3n) is 3.60. The van der Waals surface area contributed by atoms with Gasteiger partial charge in [0.15, 0.2) is 0 Å². The first-order valence-corrected chi connectivity index (χ1v) is 7.15. The number of phenolic OH excluding ortho intramolecular Hbond substituents is 1. The number of benzene rings is 2. The largest absolute Gasteiger partial charge is 0.508 e. The van der Waals surface area contributed by atoms with Crippen molar-refractivity contribution in [1.82, 2.24) is 0 Å².